The number of methoxy groups -OCH3 is 1. The van der Waals surface area contributed by atoms with Crippen molar-refractivity contribution in [3.63, 3.8) is 0 Å². The summed E-state index contributed by atoms with van der Waals surface area (Å²) < 4.78 is 23.8. The maximum atomic E-state index is 13.2. The van der Waals surface area contributed by atoms with Crippen molar-refractivity contribution in [3.8, 4) is 5.75 Å². The van der Waals surface area contributed by atoms with Crippen molar-refractivity contribution < 1.29 is 18.7 Å². The number of nitrogens with zero attached hydrogens (tertiary/aromatic N) is 1. The van der Waals surface area contributed by atoms with Crippen molar-refractivity contribution in [2.75, 3.05) is 44.5 Å². The third-order valence-corrected chi connectivity index (χ3v) is 3.61. The zero-order valence-electron chi connectivity index (χ0n) is 16.0. The van der Waals surface area contributed by atoms with Gasteiger partial charge < -0.3 is 25.4 Å². The Balaban J connectivity index is 1.82. The fraction of sp³-hybridized carbons (Fsp3) is 0.300. The molecule has 0 bridgehead atoms. The maximum Gasteiger partial charge on any atom is 0.243 e. The number of aliphatic imine (C=N–C) groups is 1. The molecule has 2 rings (SSSR count). The Hall–Kier alpha value is -3.13. The van der Waals surface area contributed by atoms with Gasteiger partial charge in [-0.05, 0) is 30.3 Å². The molecular weight excluding hydrogens is 363 g/mol. The summed E-state index contributed by atoms with van der Waals surface area (Å²) in [7, 11) is 3.26. The number of amides is 1. The van der Waals surface area contributed by atoms with Gasteiger partial charge in [-0.15, -0.1) is 0 Å². The quantitative estimate of drug-likeness (QED) is 0.350. The van der Waals surface area contributed by atoms with Crippen molar-refractivity contribution in [2.45, 2.75) is 6.42 Å². The van der Waals surface area contributed by atoms with Gasteiger partial charge in [0.2, 0.25) is 5.91 Å². The summed E-state index contributed by atoms with van der Waals surface area (Å²) >= 11 is 0. The number of guanidine groups is 1. The van der Waals surface area contributed by atoms with Crippen LogP contribution < -0.4 is 20.7 Å². The van der Waals surface area contributed by atoms with Crippen LogP contribution >= 0.6 is 0 Å². The van der Waals surface area contributed by atoms with Gasteiger partial charge in [0, 0.05) is 44.6 Å². The molecule has 8 heteroatoms. The number of carbonyl (C=O) groups excluding carboxylic acids is 1. The lowest BCUT2D eigenvalue weighted by molar-refractivity contribution is -0.115. The molecular formula is C20H25FN4O3. The molecule has 28 heavy (non-hydrogen) atoms. The second kappa shape index (κ2) is 11.6. The van der Waals surface area contributed by atoms with Crippen LogP contribution in [0.25, 0.3) is 0 Å². The fourth-order valence-corrected chi connectivity index (χ4v) is 2.31. The molecule has 0 aliphatic heterocycles. The molecule has 3 N–H and O–H groups in total. The minimum atomic E-state index is -0.410. The number of benzene rings is 2. The summed E-state index contributed by atoms with van der Waals surface area (Å²) in [5.74, 6) is 0.419. The topological polar surface area (TPSA) is 84.0 Å². The van der Waals surface area contributed by atoms with Crippen LogP contribution in [-0.4, -0.2) is 45.8 Å². The van der Waals surface area contributed by atoms with Crippen LogP contribution in [0.1, 0.15) is 6.42 Å². The van der Waals surface area contributed by atoms with Crippen LogP contribution in [0.4, 0.5) is 15.8 Å². The summed E-state index contributed by atoms with van der Waals surface area (Å²) in [5.41, 5.74) is 1.16. The van der Waals surface area contributed by atoms with Gasteiger partial charge in [-0.25, -0.2) is 4.39 Å². The van der Waals surface area contributed by atoms with Crippen molar-refractivity contribution in [3.05, 3.63) is 54.3 Å². The third kappa shape index (κ3) is 7.63. The van der Waals surface area contributed by atoms with E-state index >= 15 is 0 Å². The van der Waals surface area contributed by atoms with Crippen molar-refractivity contribution in [1.82, 2.24) is 5.32 Å². The number of anilines is 2. The highest BCUT2D eigenvalue weighted by molar-refractivity contribution is 5.98. The first-order valence-electron chi connectivity index (χ1n) is 8.85. The first-order valence-corrected chi connectivity index (χ1v) is 8.85. The van der Waals surface area contributed by atoms with Gasteiger partial charge in [0.1, 0.15) is 11.6 Å². The van der Waals surface area contributed by atoms with Crippen LogP contribution in [0.3, 0.4) is 0 Å². The average molecular weight is 388 g/mol. The molecule has 0 saturated carbocycles. The van der Waals surface area contributed by atoms with E-state index in [2.05, 4.69) is 20.9 Å². The van der Waals surface area contributed by atoms with Crippen molar-refractivity contribution >= 4 is 23.2 Å². The van der Waals surface area contributed by atoms with Gasteiger partial charge in [-0.2, -0.15) is 0 Å². The minimum absolute atomic E-state index is 0.0244. The first-order chi connectivity index (χ1) is 13.6. The predicted octanol–water partition coefficient (Wildman–Crippen LogP) is 2.87. The first kappa shape index (κ1) is 21.2. The molecule has 0 radical (unpaired) electrons. The van der Waals surface area contributed by atoms with E-state index in [9.17, 15) is 9.18 Å². The second-order valence-electron chi connectivity index (χ2n) is 5.83. The Bertz CT molecular complexity index is 799. The van der Waals surface area contributed by atoms with Gasteiger partial charge >= 0.3 is 0 Å². The molecule has 0 spiro atoms. The van der Waals surface area contributed by atoms with E-state index in [1.54, 1.807) is 20.2 Å². The Morgan fingerprint density at radius 1 is 1.07 bits per heavy atom. The van der Waals surface area contributed by atoms with Gasteiger partial charge in [0.15, 0.2) is 5.96 Å². The highest BCUT2D eigenvalue weighted by Crippen LogP contribution is 2.17. The minimum Gasteiger partial charge on any atom is -0.493 e. The number of halogens is 1. The highest BCUT2D eigenvalue weighted by atomic mass is 19.1. The van der Waals surface area contributed by atoms with Crippen LogP contribution in [-0.2, 0) is 9.53 Å². The van der Waals surface area contributed by atoms with Crippen LogP contribution in [0.15, 0.2) is 53.5 Å². The summed E-state index contributed by atoms with van der Waals surface area (Å²) in [4.78, 5) is 16.1. The summed E-state index contributed by atoms with van der Waals surface area (Å²) in [6.45, 7) is 1.18. The number of carbonyl (C=O) groups is 1. The van der Waals surface area contributed by atoms with E-state index in [1.807, 2.05) is 24.3 Å². The van der Waals surface area contributed by atoms with Gasteiger partial charge in [0.05, 0.1) is 13.2 Å². The second-order valence-corrected chi connectivity index (χ2v) is 5.83. The number of hydrogen-bond acceptors (Lipinski definition) is 4. The Kier molecular flexibility index (Phi) is 8.74. The molecule has 0 saturated heterocycles. The molecule has 0 aromatic heterocycles. The van der Waals surface area contributed by atoms with Gasteiger partial charge in [-0.3, -0.25) is 9.79 Å². The number of ether oxygens (including phenoxy) is 2. The summed E-state index contributed by atoms with van der Waals surface area (Å²) in [5, 5.41) is 8.62. The molecule has 0 atom stereocenters. The fourth-order valence-electron chi connectivity index (χ4n) is 2.31. The number of rotatable bonds is 9. The van der Waals surface area contributed by atoms with E-state index in [1.165, 1.54) is 18.2 Å². The van der Waals surface area contributed by atoms with E-state index in [4.69, 9.17) is 9.47 Å². The lowest BCUT2D eigenvalue weighted by atomic mass is 10.3. The molecule has 150 valence electrons. The van der Waals surface area contributed by atoms with Crippen LogP contribution in [0.5, 0.6) is 5.75 Å². The Morgan fingerprint density at radius 3 is 2.54 bits per heavy atom. The summed E-state index contributed by atoms with van der Waals surface area (Å²) in [6.07, 6.45) is 0.803. The lowest BCUT2D eigenvalue weighted by Crippen LogP contribution is -2.37. The monoisotopic (exact) mass is 388 g/mol. The largest absolute Gasteiger partial charge is 0.493 e. The van der Waals surface area contributed by atoms with Crippen molar-refractivity contribution in [1.29, 1.82) is 0 Å². The predicted molar refractivity (Wildman–Crippen MR) is 108 cm³/mol. The standard InChI is InChI=1S/C20H25FN4O3/c1-22-20(23-14-19(26)24-16-7-3-6-15(21)12-16)25-17-8-4-9-18(13-17)28-11-5-10-27-2/h3-4,6-9,12-13H,5,10-11,14H2,1-2H3,(H,24,26)(H2,22,23,25). The highest BCUT2D eigenvalue weighted by Gasteiger charge is 2.06. The van der Waals surface area contributed by atoms with E-state index in [0.717, 1.165) is 17.9 Å². The maximum absolute atomic E-state index is 13.2. The summed E-state index contributed by atoms with van der Waals surface area (Å²) in [6, 6.07) is 13.1. The zero-order valence-corrected chi connectivity index (χ0v) is 16.0. The molecule has 2 aromatic carbocycles. The average Bonchev–Trinajstić information content (AvgIpc) is 2.69. The molecule has 2 aromatic rings. The molecule has 7 nitrogen and oxygen atoms in total. The Morgan fingerprint density at radius 2 is 1.82 bits per heavy atom. The smallest absolute Gasteiger partial charge is 0.243 e. The lowest BCUT2D eigenvalue weighted by Gasteiger charge is -2.13. The van der Waals surface area contributed by atoms with E-state index in [0.29, 0.717) is 24.9 Å². The normalized spacial score (nSPS) is 11.0. The molecule has 0 aliphatic carbocycles. The van der Waals surface area contributed by atoms with Crippen LogP contribution in [0.2, 0.25) is 0 Å². The van der Waals surface area contributed by atoms with Gasteiger partial charge in [-0.1, -0.05) is 12.1 Å². The SMILES string of the molecule is CN=C(NCC(=O)Nc1cccc(F)c1)Nc1cccc(OCCCOC)c1. The van der Waals surface area contributed by atoms with Crippen LogP contribution in [0, 0.1) is 5.82 Å². The van der Waals surface area contributed by atoms with Gasteiger partial charge in [0.25, 0.3) is 0 Å². The van der Waals surface area contributed by atoms with Crippen molar-refractivity contribution in [2.24, 2.45) is 4.99 Å². The Labute approximate surface area is 164 Å². The zero-order chi connectivity index (χ0) is 20.2. The molecule has 0 aliphatic rings. The van der Waals surface area contributed by atoms with E-state index < -0.39 is 5.82 Å². The molecule has 1 amide bonds. The number of nitrogens with one attached hydrogen (secondary N) is 3. The molecule has 0 unspecified atom stereocenters. The third-order valence-electron chi connectivity index (χ3n) is 3.61. The van der Waals surface area contributed by atoms with E-state index in [-0.39, 0.29) is 12.5 Å². The molecule has 0 fully saturated rings. The number of hydrogen-bond donors (Lipinski definition) is 3. The molecule has 0 heterocycles.